The number of para-hydroxylation sites is 2. The molecule has 0 unspecified atom stereocenters. The van der Waals surface area contributed by atoms with Gasteiger partial charge in [-0.2, -0.15) is 0 Å². The molecule has 0 atom stereocenters. The van der Waals surface area contributed by atoms with Crippen molar-refractivity contribution in [2.75, 3.05) is 13.7 Å². The molecule has 6 aromatic rings. The molecule has 0 bridgehead atoms. The number of nitrogens with zero attached hydrogens (tertiary/aromatic N) is 4. The number of imidazole rings is 1. The van der Waals surface area contributed by atoms with E-state index in [0.29, 0.717) is 29.4 Å². The van der Waals surface area contributed by atoms with Crippen molar-refractivity contribution in [3.8, 4) is 16.5 Å². The van der Waals surface area contributed by atoms with Crippen molar-refractivity contribution in [1.29, 1.82) is 0 Å². The molecule has 1 aromatic carbocycles. The summed E-state index contributed by atoms with van der Waals surface area (Å²) in [5, 5.41) is 4.62. The number of benzene rings is 1. The van der Waals surface area contributed by atoms with Crippen molar-refractivity contribution < 1.29 is 14.3 Å². The molecule has 0 amide bonds. The van der Waals surface area contributed by atoms with Gasteiger partial charge in [0.25, 0.3) is 0 Å². The quantitative estimate of drug-likeness (QED) is 0.207. The minimum atomic E-state index is -0.387. The van der Waals surface area contributed by atoms with E-state index in [4.69, 9.17) is 19.4 Å². The van der Waals surface area contributed by atoms with Gasteiger partial charge in [-0.05, 0) is 41.4 Å². The Bertz CT molecular complexity index is 1620. The van der Waals surface area contributed by atoms with Gasteiger partial charge < -0.3 is 14.0 Å². The smallest absolute Gasteiger partial charge is 0.353 e. The summed E-state index contributed by atoms with van der Waals surface area (Å²) in [5.41, 5.74) is 3.26. The molecular weight excluding hydrogens is 468 g/mol. The van der Waals surface area contributed by atoms with Crippen LogP contribution >= 0.6 is 22.7 Å². The number of methoxy groups -OCH3 is 1. The fourth-order valence-corrected chi connectivity index (χ4v) is 5.45. The molecule has 5 aromatic heterocycles. The van der Waals surface area contributed by atoms with Gasteiger partial charge in [-0.3, -0.25) is 4.40 Å². The number of rotatable bonds is 7. The summed E-state index contributed by atoms with van der Waals surface area (Å²) in [6.45, 7) is 1.30. The predicted molar refractivity (Wildman–Crippen MR) is 135 cm³/mol. The van der Waals surface area contributed by atoms with E-state index in [9.17, 15) is 4.79 Å². The van der Waals surface area contributed by atoms with E-state index in [2.05, 4.69) is 10.5 Å². The third kappa shape index (κ3) is 3.49. The SMILES string of the molecule is COCCCn1cc(OC(=O)c2cccs2)c2c1nc(-c1cccs1)n1c3ccccc3nc21. The maximum atomic E-state index is 12.9. The van der Waals surface area contributed by atoms with Crippen molar-refractivity contribution in [3.63, 3.8) is 0 Å². The average Bonchev–Trinajstić information content (AvgIpc) is 3.65. The van der Waals surface area contributed by atoms with Crippen LogP contribution in [0.25, 0.3) is 38.4 Å². The van der Waals surface area contributed by atoms with Gasteiger partial charge in [0.05, 0.1) is 15.9 Å². The van der Waals surface area contributed by atoms with Gasteiger partial charge >= 0.3 is 5.97 Å². The number of hydrogen-bond donors (Lipinski definition) is 0. The van der Waals surface area contributed by atoms with E-state index in [1.165, 1.54) is 11.3 Å². The lowest BCUT2D eigenvalue weighted by Gasteiger charge is -2.08. The first kappa shape index (κ1) is 21.0. The molecule has 6 rings (SSSR count). The Morgan fingerprint density at radius 1 is 1.00 bits per heavy atom. The number of carbonyl (C=O) groups excluding carboxylic acids is 1. The minimum absolute atomic E-state index is 0.387. The number of thiophene rings is 2. The van der Waals surface area contributed by atoms with E-state index in [0.717, 1.165) is 39.2 Å². The van der Waals surface area contributed by atoms with Crippen molar-refractivity contribution in [2.45, 2.75) is 13.0 Å². The maximum absolute atomic E-state index is 12.9. The molecule has 0 spiro atoms. The Balaban J connectivity index is 1.64. The van der Waals surface area contributed by atoms with Crippen LogP contribution in [0.3, 0.4) is 0 Å². The van der Waals surface area contributed by atoms with Crippen LogP contribution in [0.15, 0.2) is 65.5 Å². The molecule has 0 aliphatic carbocycles. The lowest BCUT2D eigenvalue weighted by Crippen LogP contribution is -2.06. The number of aryl methyl sites for hydroxylation is 1. The van der Waals surface area contributed by atoms with E-state index in [1.807, 2.05) is 57.9 Å². The zero-order valence-corrected chi connectivity index (χ0v) is 19.9. The normalized spacial score (nSPS) is 11.7. The summed E-state index contributed by atoms with van der Waals surface area (Å²) < 4.78 is 15.3. The Kier molecular flexibility index (Phi) is 5.37. The Morgan fingerprint density at radius 3 is 2.65 bits per heavy atom. The summed E-state index contributed by atoms with van der Waals surface area (Å²) in [4.78, 5) is 24.5. The highest BCUT2D eigenvalue weighted by Gasteiger charge is 2.24. The van der Waals surface area contributed by atoms with E-state index < -0.39 is 0 Å². The highest BCUT2D eigenvalue weighted by Crippen LogP contribution is 2.37. The average molecular weight is 489 g/mol. The number of esters is 1. The highest BCUT2D eigenvalue weighted by atomic mass is 32.1. The van der Waals surface area contributed by atoms with Crippen LogP contribution < -0.4 is 4.74 Å². The fraction of sp³-hybridized carbons (Fsp3) is 0.160. The van der Waals surface area contributed by atoms with E-state index in [-0.39, 0.29) is 5.97 Å². The molecule has 0 saturated heterocycles. The molecule has 9 heteroatoms. The fourth-order valence-electron chi connectivity index (χ4n) is 4.15. The summed E-state index contributed by atoms with van der Waals surface area (Å²) in [7, 11) is 1.69. The molecule has 0 radical (unpaired) electrons. The second-order valence-corrected chi connectivity index (χ2v) is 9.67. The summed E-state index contributed by atoms with van der Waals surface area (Å²) in [6.07, 6.45) is 2.66. The first-order valence-corrected chi connectivity index (χ1v) is 12.6. The molecule has 7 nitrogen and oxygen atoms in total. The minimum Gasteiger partial charge on any atom is -0.420 e. The zero-order valence-electron chi connectivity index (χ0n) is 18.3. The van der Waals surface area contributed by atoms with Crippen molar-refractivity contribution in [1.82, 2.24) is 18.9 Å². The molecule has 5 heterocycles. The van der Waals surface area contributed by atoms with Gasteiger partial charge in [0, 0.05) is 26.5 Å². The first-order chi connectivity index (χ1) is 16.7. The van der Waals surface area contributed by atoms with Crippen LogP contribution in [0.1, 0.15) is 16.1 Å². The monoisotopic (exact) mass is 488 g/mol. The number of fused-ring (bicyclic) bond motifs is 5. The summed E-state index contributed by atoms with van der Waals surface area (Å²) >= 11 is 2.98. The van der Waals surface area contributed by atoms with Crippen LogP contribution in [0.4, 0.5) is 0 Å². The lowest BCUT2D eigenvalue weighted by atomic mass is 10.3. The van der Waals surface area contributed by atoms with E-state index in [1.54, 1.807) is 24.5 Å². The molecule has 0 aliphatic heterocycles. The topological polar surface area (TPSA) is 70.7 Å². The van der Waals surface area contributed by atoms with Gasteiger partial charge in [-0.25, -0.2) is 14.8 Å². The van der Waals surface area contributed by atoms with Gasteiger partial charge in [-0.1, -0.05) is 24.3 Å². The van der Waals surface area contributed by atoms with Crippen LogP contribution in [0, 0.1) is 0 Å². The molecule has 0 N–H and O–H groups in total. The van der Waals surface area contributed by atoms with Crippen molar-refractivity contribution >= 4 is 56.4 Å². The van der Waals surface area contributed by atoms with Gasteiger partial charge in [0.1, 0.15) is 15.9 Å². The van der Waals surface area contributed by atoms with Gasteiger partial charge in [-0.15, -0.1) is 22.7 Å². The van der Waals surface area contributed by atoms with Crippen LogP contribution in [0.5, 0.6) is 5.75 Å². The van der Waals surface area contributed by atoms with Gasteiger partial charge in [0.15, 0.2) is 17.2 Å². The Labute approximate surface area is 202 Å². The third-order valence-electron chi connectivity index (χ3n) is 5.64. The Hall–Kier alpha value is -3.53. The zero-order chi connectivity index (χ0) is 23.1. The predicted octanol–water partition coefficient (Wildman–Crippen LogP) is 5.88. The van der Waals surface area contributed by atoms with Crippen molar-refractivity contribution in [3.05, 3.63) is 70.4 Å². The van der Waals surface area contributed by atoms with Crippen LogP contribution in [0.2, 0.25) is 0 Å². The third-order valence-corrected chi connectivity index (χ3v) is 7.35. The van der Waals surface area contributed by atoms with Gasteiger partial charge in [0.2, 0.25) is 0 Å². The van der Waals surface area contributed by atoms with E-state index >= 15 is 0 Å². The Morgan fingerprint density at radius 2 is 1.85 bits per heavy atom. The standard InChI is InChI=1S/C25H20N4O3S2/c1-31-12-6-11-28-15-18(32-25(30)20-10-5-14-34-20)21-23(28)27-22(19-9-4-13-33-19)29-17-8-3-2-7-16(17)26-24(21)29/h2-5,7-10,13-15H,6,11-12H2,1H3. The number of carbonyl (C=O) groups is 1. The summed E-state index contributed by atoms with van der Waals surface area (Å²) in [6, 6.07) is 15.7. The second kappa shape index (κ2) is 8.68. The second-order valence-electron chi connectivity index (χ2n) is 7.77. The number of hydrogen-bond acceptors (Lipinski definition) is 7. The molecule has 34 heavy (non-hydrogen) atoms. The molecule has 0 fully saturated rings. The summed E-state index contributed by atoms with van der Waals surface area (Å²) in [5.74, 6) is 0.882. The molecule has 170 valence electrons. The van der Waals surface area contributed by atoms with Crippen molar-refractivity contribution in [2.24, 2.45) is 0 Å². The maximum Gasteiger partial charge on any atom is 0.353 e. The van der Waals surface area contributed by atoms with Crippen LogP contribution in [-0.2, 0) is 11.3 Å². The lowest BCUT2D eigenvalue weighted by molar-refractivity contribution is 0.0742. The molecule has 0 aliphatic rings. The largest absolute Gasteiger partial charge is 0.420 e. The molecule has 0 saturated carbocycles. The molecular formula is C25H20N4O3S2. The number of aromatic nitrogens is 4. The van der Waals surface area contributed by atoms with Crippen LogP contribution in [-0.4, -0.2) is 38.6 Å². The number of ether oxygens (including phenoxy) is 2. The highest BCUT2D eigenvalue weighted by molar-refractivity contribution is 7.13. The first-order valence-electron chi connectivity index (χ1n) is 10.8.